The molecular formula is C25H29N5OS. The first-order valence-electron chi connectivity index (χ1n) is 11.2. The van der Waals surface area contributed by atoms with E-state index in [1.54, 1.807) is 0 Å². The molecule has 0 unspecified atom stereocenters. The minimum atomic E-state index is -0.0324. The average Bonchev–Trinajstić information content (AvgIpc) is 3.45. The molecular weight excluding hydrogens is 418 g/mol. The highest BCUT2D eigenvalue weighted by Gasteiger charge is 2.42. The number of thiocarbonyl (C=S) groups is 1. The Morgan fingerprint density at radius 2 is 1.75 bits per heavy atom. The largest absolute Gasteiger partial charge is 0.378 e. The van der Waals surface area contributed by atoms with Crippen LogP contribution in [-0.2, 0) is 4.74 Å². The molecule has 2 saturated heterocycles. The zero-order chi connectivity index (χ0) is 22.1. The Balaban J connectivity index is 1.53. The highest BCUT2D eigenvalue weighted by Crippen LogP contribution is 2.42. The smallest absolute Gasteiger partial charge is 0.174 e. The third-order valence-corrected chi connectivity index (χ3v) is 6.59. The van der Waals surface area contributed by atoms with Crippen LogP contribution in [0.3, 0.4) is 0 Å². The second-order valence-corrected chi connectivity index (χ2v) is 8.93. The highest BCUT2D eigenvalue weighted by molar-refractivity contribution is 7.80. The Labute approximate surface area is 194 Å². The van der Waals surface area contributed by atoms with Gasteiger partial charge < -0.3 is 24.4 Å². The Hall–Kier alpha value is -2.90. The number of hydrogen-bond acceptors (Lipinski definition) is 4. The molecule has 166 valence electrons. The molecule has 1 N–H and O–H groups in total. The van der Waals surface area contributed by atoms with Crippen LogP contribution in [0, 0.1) is 0 Å². The van der Waals surface area contributed by atoms with Crippen LogP contribution < -0.4 is 15.1 Å². The van der Waals surface area contributed by atoms with Gasteiger partial charge in [0, 0.05) is 48.6 Å². The summed E-state index contributed by atoms with van der Waals surface area (Å²) in [5.74, 6) is 0. The number of nitrogens with zero attached hydrogens (tertiary/aromatic N) is 4. The zero-order valence-electron chi connectivity index (χ0n) is 18.5. The molecule has 0 bridgehead atoms. The predicted octanol–water partition coefficient (Wildman–Crippen LogP) is 4.48. The van der Waals surface area contributed by atoms with Crippen LogP contribution in [0.1, 0.15) is 43.4 Å². The summed E-state index contributed by atoms with van der Waals surface area (Å²) in [6.45, 7) is 7.83. The lowest BCUT2D eigenvalue weighted by Crippen LogP contribution is -2.36. The molecule has 0 amide bonds. The zero-order valence-corrected chi connectivity index (χ0v) is 19.3. The minimum absolute atomic E-state index is 0.00374. The SMILES string of the molecule is CC(C)n1cccc1[C@@H]1[C@H](c2ccccn2)NC(=S)N1c1ccc(N2CCOCC2)cc1. The number of morpholine rings is 1. The molecule has 7 heteroatoms. The van der Waals surface area contributed by atoms with Crippen LogP contribution in [0.2, 0.25) is 0 Å². The number of nitrogens with one attached hydrogen (secondary N) is 1. The normalized spacial score (nSPS) is 21.3. The fourth-order valence-corrected chi connectivity index (χ4v) is 5.05. The maximum Gasteiger partial charge on any atom is 0.174 e. The molecule has 3 aromatic rings. The predicted molar refractivity (Wildman–Crippen MR) is 132 cm³/mol. The first kappa shape index (κ1) is 21.0. The summed E-state index contributed by atoms with van der Waals surface area (Å²) in [5.41, 5.74) is 4.52. The number of benzene rings is 1. The minimum Gasteiger partial charge on any atom is -0.378 e. The summed E-state index contributed by atoms with van der Waals surface area (Å²) in [4.78, 5) is 9.27. The van der Waals surface area contributed by atoms with Crippen molar-refractivity contribution < 1.29 is 4.74 Å². The molecule has 32 heavy (non-hydrogen) atoms. The number of ether oxygens (including phenoxy) is 1. The summed E-state index contributed by atoms with van der Waals surface area (Å²) >= 11 is 5.87. The van der Waals surface area contributed by atoms with Gasteiger partial charge in [0.2, 0.25) is 0 Å². The monoisotopic (exact) mass is 447 g/mol. The molecule has 2 atom stereocenters. The van der Waals surface area contributed by atoms with E-state index in [4.69, 9.17) is 17.0 Å². The van der Waals surface area contributed by atoms with Gasteiger partial charge in [0.15, 0.2) is 5.11 Å². The summed E-state index contributed by atoms with van der Waals surface area (Å²) < 4.78 is 7.82. The molecule has 1 aromatic carbocycles. The maximum absolute atomic E-state index is 5.87. The van der Waals surface area contributed by atoms with Gasteiger partial charge in [-0.05, 0) is 74.6 Å². The van der Waals surface area contributed by atoms with E-state index in [-0.39, 0.29) is 12.1 Å². The van der Waals surface area contributed by atoms with E-state index in [1.807, 2.05) is 18.3 Å². The lowest BCUT2D eigenvalue weighted by Gasteiger charge is -2.31. The second-order valence-electron chi connectivity index (χ2n) is 8.55. The van der Waals surface area contributed by atoms with Crippen molar-refractivity contribution in [3.63, 3.8) is 0 Å². The standard InChI is InChI=1S/C25H29N5OS/c1-18(2)29-13-5-7-22(29)24-23(21-6-3-4-12-26-21)27-25(32)30(24)20-10-8-19(9-11-20)28-14-16-31-17-15-28/h3-13,18,23-24H,14-17H2,1-2H3,(H,27,32)/t23-,24+/m0/s1. The van der Waals surface area contributed by atoms with Gasteiger partial charge in [0.05, 0.1) is 24.9 Å². The number of anilines is 2. The van der Waals surface area contributed by atoms with Crippen molar-refractivity contribution in [1.82, 2.24) is 14.9 Å². The lowest BCUT2D eigenvalue weighted by atomic mass is 10.0. The van der Waals surface area contributed by atoms with E-state index in [0.29, 0.717) is 6.04 Å². The van der Waals surface area contributed by atoms with Crippen LogP contribution in [0.5, 0.6) is 0 Å². The fraction of sp³-hybridized carbons (Fsp3) is 0.360. The van der Waals surface area contributed by atoms with Gasteiger partial charge in [0.25, 0.3) is 0 Å². The summed E-state index contributed by atoms with van der Waals surface area (Å²) in [6.07, 6.45) is 3.99. The molecule has 4 heterocycles. The molecule has 5 rings (SSSR count). The van der Waals surface area contributed by atoms with Crippen molar-refractivity contribution in [2.75, 3.05) is 36.1 Å². The fourth-order valence-electron chi connectivity index (χ4n) is 4.71. The van der Waals surface area contributed by atoms with Crippen molar-refractivity contribution in [3.05, 3.63) is 78.4 Å². The lowest BCUT2D eigenvalue weighted by molar-refractivity contribution is 0.122. The van der Waals surface area contributed by atoms with Gasteiger partial charge in [-0.25, -0.2) is 0 Å². The van der Waals surface area contributed by atoms with Gasteiger partial charge in [-0.1, -0.05) is 6.07 Å². The van der Waals surface area contributed by atoms with Crippen LogP contribution >= 0.6 is 12.2 Å². The third kappa shape index (κ3) is 3.87. The second kappa shape index (κ2) is 8.92. The topological polar surface area (TPSA) is 45.6 Å². The summed E-state index contributed by atoms with van der Waals surface area (Å²) in [6, 6.07) is 19.4. The Morgan fingerprint density at radius 1 is 1.00 bits per heavy atom. The Kier molecular flexibility index (Phi) is 5.85. The number of aromatic nitrogens is 2. The van der Waals surface area contributed by atoms with Crippen molar-refractivity contribution >= 4 is 28.7 Å². The van der Waals surface area contributed by atoms with Gasteiger partial charge in [-0.15, -0.1) is 0 Å². The van der Waals surface area contributed by atoms with E-state index < -0.39 is 0 Å². The third-order valence-electron chi connectivity index (χ3n) is 6.27. The molecule has 0 aliphatic carbocycles. The quantitative estimate of drug-likeness (QED) is 0.582. The van der Waals surface area contributed by atoms with Gasteiger partial charge in [0.1, 0.15) is 6.04 Å². The molecule has 0 spiro atoms. The molecule has 2 aliphatic rings. The van der Waals surface area contributed by atoms with E-state index in [9.17, 15) is 0 Å². The number of pyridine rings is 1. The molecule has 2 fully saturated rings. The van der Waals surface area contributed by atoms with E-state index in [1.165, 1.54) is 11.4 Å². The van der Waals surface area contributed by atoms with Crippen LogP contribution in [0.15, 0.2) is 67.0 Å². The average molecular weight is 448 g/mol. The van der Waals surface area contributed by atoms with Gasteiger partial charge in [-0.2, -0.15) is 0 Å². The summed E-state index contributed by atoms with van der Waals surface area (Å²) in [7, 11) is 0. The molecule has 2 aliphatic heterocycles. The van der Waals surface area contributed by atoms with E-state index in [0.717, 1.165) is 42.8 Å². The van der Waals surface area contributed by atoms with Crippen molar-refractivity contribution in [2.24, 2.45) is 0 Å². The first-order valence-corrected chi connectivity index (χ1v) is 11.6. The van der Waals surface area contributed by atoms with Crippen LogP contribution in [-0.4, -0.2) is 41.0 Å². The maximum atomic E-state index is 5.87. The van der Waals surface area contributed by atoms with Gasteiger partial charge >= 0.3 is 0 Å². The number of rotatable bonds is 5. The molecule has 6 nitrogen and oxygen atoms in total. The molecule has 2 aromatic heterocycles. The van der Waals surface area contributed by atoms with Gasteiger partial charge in [-0.3, -0.25) is 4.98 Å². The van der Waals surface area contributed by atoms with Crippen molar-refractivity contribution in [1.29, 1.82) is 0 Å². The first-order chi connectivity index (χ1) is 15.6. The van der Waals surface area contributed by atoms with E-state index >= 15 is 0 Å². The van der Waals surface area contributed by atoms with Crippen molar-refractivity contribution in [3.8, 4) is 0 Å². The summed E-state index contributed by atoms with van der Waals surface area (Å²) in [5, 5.41) is 4.28. The number of hydrogen-bond donors (Lipinski definition) is 1. The Morgan fingerprint density at radius 3 is 2.44 bits per heavy atom. The highest BCUT2D eigenvalue weighted by atomic mass is 32.1. The van der Waals surface area contributed by atoms with E-state index in [2.05, 4.69) is 87.2 Å². The Bertz CT molecular complexity index is 1060. The molecule has 0 saturated carbocycles. The van der Waals surface area contributed by atoms with Crippen LogP contribution in [0.25, 0.3) is 0 Å². The molecule has 0 radical (unpaired) electrons. The van der Waals surface area contributed by atoms with Crippen LogP contribution in [0.4, 0.5) is 11.4 Å². The van der Waals surface area contributed by atoms with Crippen molar-refractivity contribution in [2.45, 2.75) is 32.0 Å².